The van der Waals surface area contributed by atoms with Crippen molar-refractivity contribution < 1.29 is 22.7 Å². The average Bonchev–Trinajstić information content (AvgIpc) is 2.40. The number of hydrogen-bond donors (Lipinski definition) is 2. The zero-order chi connectivity index (χ0) is 15.9. The number of nitrogens with one attached hydrogen (secondary N) is 2. The number of anilines is 1. The molecule has 7 heteroatoms. The van der Waals surface area contributed by atoms with Crippen LogP contribution in [0.4, 0.5) is 23.7 Å². The van der Waals surface area contributed by atoms with Crippen LogP contribution in [0.5, 0.6) is 5.75 Å². The van der Waals surface area contributed by atoms with E-state index in [0.29, 0.717) is 6.54 Å². The highest BCUT2D eigenvalue weighted by molar-refractivity contribution is 5.90. The molecule has 0 fully saturated rings. The lowest BCUT2D eigenvalue weighted by Crippen LogP contribution is -2.30. The zero-order valence-electron chi connectivity index (χ0n) is 12.0. The van der Waals surface area contributed by atoms with Crippen LogP contribution >= 0.6 is 0 Å². The molecule has 0 aliphatic carbocycles. The van der Waals surface area contributed by atoms with Crippen molar-refractivity contribution in [3.63, 3.8) is 0 Å². The number of rotatable bonds is 6. The van der Waals surface area contributed by atoms with Gasteiger partial charge in [0.1, 0.15) is 5.75 Å². The highest BCUT2D eigenvalue weighted by Crippen LogP contribution is 2.37. The second-order valence-corrected chi connectivity index (χ2v) is 4.37. The first-order valence-electron chi connectivity index (χ1n) is 6.77. The van der Waals surface area contributed by atoms with Gasteiger partial charge in [-0.25, -0.2) is 4.79 Å². The fourth-order valence-electron chi connectivity index (χ4n) is 1.67. The summed E-state index contributed by atoms with van der Waals surface area (Å²) in [5.41, 5.74) is -1.22. The molecule has 2 amide bonds. The number of urea groups is 1. The van der Waals surface area contributed by atoms with Crippen molar-refractivity contribution in [2.75, 3.05) is 18.5 Å². The molecular formula is C14H19F3N2O2. The lowest BCUT2D eigenvalue weighted by Gasteiger charge is -2.15. The third kappa shape index (κ3) is 5.53. The largest absolute Gasteiger partial charge is 0.494 e. The van der Waals surface area contributed by atoms with Gasteiger partial charge in [0.05, 0.1) is 17.9 Å². The van der Waals surface area contributed by atoms with E-state index in [1.165, 1.54) is 12.1 Å². The van der Waals surface area contributed by atoms with Crippen LogP contribution in [0.3, 0.4) is 0 Å². The van der Waals surface area contributed by atoms with Crippen LogP contribution in [0.2, 0.25) is 0 Å². The second-order valence-electron chi connectivity index (χ2n) is 4.37. The molecule has 0 aliphatic heterocycles. The minimum Gasteiger partial charge on any atom is -0.494 e. The fourth-order valence-corrected chi connectivity index (χ4v) is 1.67. The molecule has 2 N–H and O–H groups in total. The highest BCUT2D eigenvalue weighted by atomic mass is 19.4. The van der Waals surface area contributed by atoms with Gasteiger partial charge in [-0.2, -0.15) is 13.2 Å². The zero-order valence-corrected chi connectivity index (χ0v) is 12.0. The minimum absolute atomic E-state index is 0.113. The molecule has 0 radical (unpaired) electrons. The molecule has 1 aromatic rings. The maximum Gasteiger partial charge on any atom is 0.418 e. The summed E-state index contributed by atoms with van der Waals surface area (Å²) in [5, 5.41) is 4.72. The highest BCUT2D eigenvalue weighted by Gasteiger charge is 2.34. The number of benzene rings is 1. The number of carbonyl (C=O) groups excluding carboxylic acids is 1. The Bertz CT molecular complexity index is 476. The van der Waals surface area contributed by atoms with E-state index in [1.807, 2.05) is 6.92 Å². The standard InChI is InChI=1S/C14H19F3N2O2/c1-3-5-8-18-13(20)19-12-7-6-10(21-4-2)9-11(12)14(15,16)17/h6-7,9H,3-5,8H2,1-2H3,(H2,18,19,20). The van der Waals surface area contributed by atoms with Crippen molar-refractivity contribution in [1.82, 2.24) is 5.32 Å². The Morgan fingerprint density at radius 1 is 1.29 bits per heavy atom. The number of unbranched alkanes of at least 4 members (excludes halogenated alkanes) is 1. The number of halogens is 3. The summed E-state index contributed by atoms with van der Waals surface area (Å²) in [5.74, 6) is 0.113. The van der Waals surface area contributed by atoms with Crippen LogP contribution in [0.15, 0.2) is 18.2 Å². The van der Waals surface area contributed by atoms with Gasteiger partial charge in [0.25, 0.3) is 0 Å². The summed E-state index contributed by atoms with van der Waals surface area (Å²) in [4.78, 5) is 11.6. The summed E-state index contributed by atoms with van der Waals surface area (Å²) in [6.45, 7) is 4.32. The Morgan fingerprint density at radius 2 is 2.00 bits per heavy atom. The monoisotopic (exact) mass is 304 g/mol. The number of ether oxygens (including phenoxy) is 1. The van der Waals surface area contributed by atoms with E-state index in [0.717, 1.165) is 18.9 Å². The van der Waals surface area contributed by atoms with Crippen molar-refractivity contribution in [3.8, 4) is 5.75 Å². The molecular weight excluding hydrogens is 285 g/mol. The quantitative estimate of drug-likeness (QED) is 0.780. The summed E-state index contributed by atoms with van der Waals surface area (Å²) in [6.07, 6.45) is -2.92. The first-order valence-corrected chi connectivity index (χ1v) is 6.77. The van der Waals surface area contributed by atoms with Gasteiger partial charge in [-0.05, 0) is 31.5 Å². The smallest absolute Gasteiger partial charge is 0.418 e. The molecule has 4 nitrogen and oxygen atoms in total. The topological polar surface area (TPSA) is 50.4 Å². The van der Waals surface area contributed by atoms with Gasteiger partial charge in [-0.3, -0.25) is 0 Å². The number of amides is 2. The normalized spacial score (nSPS) is 11.1. The molecule has 0 saturated carbocycles. The van der Waals surface area contributed by atoms with Crippen molar-refractivity contribution in [1.29, 1.82) is 0 Å². The average molecular weight is 304 g/mol. The lowest BCUT2D eigenvalue weighted by atomic mass is 10.1. The van der Waals surface area contributed by atoms with Crippen LogP contribution in [0, 0.1) is 0 Å². The number of hydrogen-bond acceptors (Lipinski definition) is 2. The predicted octanol–water partition coefficient (Wildman–Crippen LogP) is 4.03. The van der Waals surface area contributed by atoms with E-state index in [-0.39, 0.29) is 18.0 Å². The fraction of sp³-hybridized carbons (Fsp3) is 0.500. The van der Waals surface area contributed by atoms with Crippen LogP contribution in [0.25, 0.3) is 0 Å². The van der Waals surface area contributed by atoms with Gasteiger partial charge >= 0.3 is 12.2 Å². The van der Waals surface area contributed by atoms with E-state index in [2.05, 4.69) is 10.6 Å². The molecule has 0 heterocycles. The molecule has 1 rings (SSSR count). The maximum absolute atomic E-state index is 13.0. The second kappa shape index (κ2) is 7.75. The molecule has 0 bridgehead atoms. The van der Waals surface area contributed by atoms with Crippen LogP contribution in [-0.4, -0.2) is 19.2 Å². The molecule has 118 valence electrons. The van der Waals surface area contributed by atoms with Crippen molar-refractivity contribution in [3.05, 3.63) is 23.8 Å². The molecule has 0 atom stereocenters. The molecule has 0 spiro atoms. The third-order valence-corrected chi connectivity index (χ3v) is 2.67. The summed E-state index contributed by atoms with van der Waals surface area (Å²) in [6, 6.07) is 2.80. The summed E-state index contributed by atoms with van der Waals surface area (Å²) in [7, 11) is 0. The minimum atomic E-state index is -4.57. The summed E-state index contributed by atoms with van der Waals surface area (Å²) >= 11 is 0. The van der Waals surface area contributed by atoms with Crippen LogP contribution in [0.1, 0.15) is 32.3 Å². The third-order valence-electron chi connectivity index (χ3n) is 2.67. The van der Waals surface area contributed by atoms with E-state index < -0.39 is 17.8 Å². The summed E-state index contributed by atoms with van der Waals surface area (Å²) < 4.78 is 44.0. The van der Waals surface area contributed by atoms with Gasteiger partial charge < -0.3 is 15.4 Å². The Kier molecular flexibility index (Phi) is 6.33. The Labute approximate surface area is 121 Å². The first-order chi connectivity index (χ1) is 9.88. The lowest BCUT2D eigenvalue weighted by molar-refractivity contribution is -0.137. The van der Waals surface area contributed by atoms with Gasteiger partial charge in [-0.15, -0.1) is 0 Å². The first kappa shape index (κ1) is 17.1. The molecule has 1 aromatic carbocycles. The van der Waals surface area contributed by atoms with Gasteiger partial charge in [0.15, 0.2) is 0 Å². The molecule has 0 aromatic heterocycles. The van der Waals surface area contributed by atoms with E-state index in [1.54, 1.807) is 6.92 Å². The number of carbonyl (C=O) groups is 1. The molecule has 0 unspecified atom stereocenters. The number of alkyl halides is 3. The predicted molar refractivity (Wildman–Crippen MR) is 74.5 cm³/mol. The molecule has 21 heavy (non-hydrogen) atoms. The van der Waals surface area contributed by atoms with Crippen molar-refractivity contribution >= 4 is 11.7 Å². The van der Waals surface area contributed by atoms with Crippen molar-refractivity contribution in [2.45, 2.75) is 32.9 Å². The molecule has 0 saturated heterocycles. The van der Waals surface area contributed by atoms with Gasteiger partial charge in [0.2, 0.25) is 0 Å². The Morgan fingerprint density at radius 3 is 2.57 bits per heavy atom. The SMILES string of the molecule is CCCCNC(=O)Nc1ccc(OCC)cc1C(F)(F)F. The Balaban J connectivity index is 2.87. The van der Waals surface area contributed by atoms with E-state index in [9.17, 15) is 18.0 Å². The van der Waals surface area contributed by atoms with E-state index >= 15 is 0 Å². The molecule has 0 aliphatic rings. The van der Waals surface area contributed by atoms with Gasteiger partial charge in [-0.1, -0.05) is 13.3 Å². The van der Waals surface area contributed by atoms with E-state index in [4.69, 9.17) is 4.74 Å². The Hall–Kier alpha value is -1.92. The maximum atomic E-state index is 13.0. The van der Waals surface area contributed by atoms with Crippen LogP contribution < -0.4 is 15.4 Å². The van der Waals surface area contributed by atoms with Gasteiger partial charge in [0, 0.05) is 6.54 Å². The van der Waals surface area contributed by atoms with Crippen molar-refractivity contribution in [2.24, 2.45) is 0 Å². The van der Waals surface area contributed by atoms with Crippen LogP contribution in [-0.2, 0) is 6.18 Å².